The quantitative estimate of drug-likeness (QED) is 0.598. The van der Waals surface area contributed by atoms with Crippen LogP contribution in [-0.4, -0.2) is 42.5 Å². The van der Waals surface area contributed by atoms with Crippen LogP contribution in [0.1, 0.15) is 34.8 Å². The summed E-state index contributed by atoms with van der Waals surface area (Å²) in [6, 6.07) is 13.7. The molecular weight excluding hydrogens is 346 g/mol. The van der Waals surface area contributed by atoms with E-state index in [9.17, 15) is 14.9 Å². The summed E-state index contributed by atoms with van der Waals surface area (Å²) in [5.74, 6) is 0.465. The lowest BCUT2D eigenvalue weighted by molar-refractivity contribution is -0.384. The molecule has 1 fully saturated rings. The molecule has 0 unspecified atom stereocenters. The Morgan fingerprint density at radius 1 is 1.22 bits per heavy atom. The number of amides is 1. The van der Waals surface area contributed by atoms with Crippen molar-refractivity contribution >= 4 is 11.6 Å². The number of nitrogens with zero attached hydrogens (tertiary/aromatic N) is 2. The van der Waals surface area contributed by atoms with Gasteiger partial charge in [0, 0.05) is 24.2 Å². The van der Waals surface area contributed by atoms with Crippen molar-refractivity contribution in [1.29, 1.82) is 0 Å². The SMILES string of the molecule is COc1cccc([C@@H](CNC(=O)c2cccc([N+](=O)[O-])c2)N2CCCC2)c1. The summed E-state index contributed by atoms with van der Waals surface area (Å²) >= 11 is 0. The van der Waals surface area contributed by atoms with Crippen LogP contribution in [0, 0.1) is 10.1 Å². The zero-order valence-corrected chi connectivity index (χ0v) is 15.3. The van der Waals surface area contributed by atoms with Gasteiger partial charge >= 0.3 is 0 Å². The second-order valence-electron chi connectivity index (χ2n) is 6.55. The molecule has 1 aliphatic rings. The van der Waals surface area contributed by atoms with Crippen molar-refractivity contribution in [3.63, 3.8) is 0 Å². The van der Waals surface area contributed by atoms with Gasteiger partial charge in [-0.25, -0.2) is 0 Å². The highest BCUT2D eigenvalue weighted by atomic mass is 16.6. The number of ether oxygens (including phenoxy) is 1. The molecule has 0 bridgehead atoms. The smallest absolute Gasteiger partial charge is 0.270 e. The van der Waals surface area contributed by atoms with Gasteiger partial charge in [0.25, 0.3) is 11.6 Å². The van der Waals surface area contributed by atoms with Gasteiger partial charge < -0.3 is 10.1 Å². The van der Waals surface area contributed by atoms with Crippen molar-refractivity contribution in [1.82, 2.24) is 10.2 Å². The van der Waals surface area contributed by atoms with Crippen LogP contribution >= 0.6 is 0 Å². The third kappa shape index (κ3) is 4.62. The van der Waals surface area contributed by atoms with Crippen LogP contribution in [0.4, 0.5) is 5.69 Å². The number of methoxy groups -OCH3 is 1. The molecule has 1 aliphatic heterocycles. The minimum absolute atomic E-state index is 0.0326. The van der Waals surface area contributed by atoms with E-state index in [0.717, 1.165) is 37.2 Å². The highest BCUT2D eigenvalue weighted by Crippen LogP contribution is 2.27. The van der Waals surface area contributed by atoms with Crippen LogP contribution in [0.25, 0.3) is 0 Å². The monoisotopic (exact) mass is 369 g/mol. The van der Waals surface area contributed by atoms with Crippen LogP contribution in [0.5, 0.6) is 5.75 Å². The van der Waals surface area contributed by atoms with E-state index in [0.29, 0.717) is 6.54 Å². The van der Waals surface area contributed by atoms with Gasteiger partial charge in [0.2, 0.25) is 0 Å². The van der Waals surface area contributed by atoms with Crippen molar-refractivity contribution in [2.75, 3.05) is 26.7 Å². The molecule has 7 nitrogen and oxygen atoms in total. The van der Waals surface area contributed by atoms with Crippen LogP contribution in [0.15, 0.2) is 48.5 Å². The molecule has 7 heteroatoms. The number of non-ortho nitro benzene ring substituents is 1. The van der Waals surface area contributed by atoms with E-state index in [1.54, 1.807) is 13.2 Å². The molecule has 0 radical (unpaired) electrons. The second-order valence-corrected chi connectivity index (χ2v) is 6.55. The molecule has 3 rings (SSSR count). The van der Waals surface area contributed by atoms with E-state index < -0.39 is 4.92 Å². The van der Waals surface area contributed by atoms with Crippen molar-refractivity contribution in [2.24, 2.45) is 0 Å². The molecule has 0 aliphatic carbocycles. The first-order chi connectivity index (χ1) is 13.1. The lowest BCUT2D eigenvalue weighted by Gasteiger charge is -2.28. The minimum atomic E-state index is -0.500. The van der Waals surface area contributed by atoms with Gasteiger partial charge in [-0.15, -0.1) is 0 Å². The van der Waals surface area contributed by atoms with E-state index >= 15 is 0 Å². The fraction of sp³-hybridized carbons (Fsp3) is 0.350. The highest BCUT2D eigenvalue weighted by molar-refractivity contribution is 5.94. The summed E-state index contributed by atoms with van der Waals surface area (Å²) in [5, 5.41) is 13.9. The van der Waals surface area contributed by atoms with Gasteiger partial charge in [-0.3, -0.25) is 19.8 Å². The van der Waals surface area contributed by atoms with Crippen molar-refractivity contribution in [3.05, 3.63) is 69.8 Å². The third-order valence-corrected chi connectivity index (χ3v) is 4.84. The van der Waals surface area contributed by atoms with Crippen LogP contribution in [-0.2, 0) is 0 Å². The van der Waals surface area contributed by atoms with Crippen molar-refractivity contribution in [3.8, 4) is 5.75 Å². The van der Waals surface area contributed by atoms with Gasteiger partial charge in [0.1, 0.15) is 5.75 Å². The Morgan fingerprint density at radius 3 is 2.67 bits per heavy atom. The Balaban J connectivity index is 1.75. The van der Waals surface area contributed by atoms with E-state index in [-0.39, 0.29) is 23.2 Å². The Labute approximate surface area is 158 Å². The first-order valence-corrected chi connectivity index (χ1v) is 8.99. The minimum Gasteiger partial charge on any atom is -0.497 e. The first-order valence-electron chi connectivity index (χ1n) is 8.99. The van der Waals surface area contributed by atoms with Crippen molar-refractivity contribution < 1.29 is 14.5 Å². The number of carbonyl (C=O) groups is 1. The normalized spacial score (nSPS) is 15.3. The highest BCUT2D eigenvalue weighted by Gasteiger charge is 2.24. The Bertz CT molecular complexity index is 818. The zero-order valence-electron chi connectivity index (χ0n) is 15.3. The average Bonchev–Trinajstić information content (AvgIpc) is 3.22. The van der Waals surface area contributed by atoms with Gasteiger partial charge in [0.05, 0.1) is 18.1 Å². The van der Waals surface area contributed by atoms with Crippen LogP contribution in [0.3, 0.4) is 0 Å². The predicted molar refractivity (Wildman–Crippen MR) is 102 cm³/mol. The molecule has 0 aromatic heterocycles. The number of likely N-dealkylation sites (tertiary alicyclic amines) is 1. The van der Waals surface area contributed by atoms with E-state index in [1.165, 1.54) is 18.2 Å². The van der Waals surface area contributed by atoms with Gasteiger partial charge in [-0.05, 0) is 49.7 Å². The van der Waals surface area contributed by atoms with E-state index in [1.807, 2.05) is 24.3 Å². The number of carbonyl (C=O) groups excluding carboxylic acids is 1. The summed E-state index contributed by atoms with van der Waals surface area (Å²) in [5.41, 5.74) is 1.28. The molecule has 0 saturated carbocycles. The Kier molecular flexibility index (Phi) is 6.03. The molecule has 2 aromatic rings. The molecule has 1 N–H and O–H groups in total. The van der Waals surface area contributed by atoms with Gasteiger partial charge in [0.15, 0.2) is 0 Å². The Morgan fingerprint density at radius 2 is 1.96 bits per heavy atom. The average molecular weight is 369 g/mol. The lowest BCUT2D eigenvalue weighted by Crippen LogP contribution is -2.36. The molecule has 142 valence electrons. The van der Waals surface area contributed by atoms with Gasteiger partial charge in [-0.1, -0.05) is 18.2 Å². The maximum atomic E-state index is 12.5. The fourth-order valence-corrected chi connectivity index (χ4v) is 3.41. The van der Waals surface area contributed by atoms with E-state index in [2.05, 4.69) is 10.2 Å². The van der Waals surface area contributed by atoms with E-state index in [4.69, 9.17) is 4.74 Å². The van der Waals surface area contributed by atoms with Crippen LogP contribution < -0.4 is 10.1 Å². The fourth-order valence-electron chi connectivity index (χ4n) is 3.41. The Hall–Kier alpha value is -2.93. The predicted octanol–water partition coefficient (Wildman–Crippen LogP) is 3.17. The standard InChI is InChI=1S/C20H23N3O4/c1-27-18-9-5-6-15(13-18)19(22-10-2-3-11-22)14-21-20(24)16-7-4-8-17(12-16)23(25)26/h4-9,12-13,19H,2-3,10-11,14H2,1H3,(H,21,24)/t19-/m1/s1. The number of hydrogen-bond acceptors (Lipinski definition) is 5. The molecule has 1 saturated heterocycles. The maximum Gasteiger partial charge on any atom is 0.270 e. The third-order valence-electron chi connectivity index (χ3n) is 4.84. The summed E-state index contributed by atoms with van der Waals surface area (Å²) in [6.45, 7) is 2.39. The van der Waals surface area contributed by atoms with Gasteiger partial charge in [-0.2, -0.15) is 0 Å². The molecular formula is C20H23N3O4. The maximum absolute atomic E-state index is 12.5. The number of rotatable bonds is 7. The first kappa shape index (κ1) is 18.8. The topological polar surface area (TPSA) is 84.7 Å². The number of nitro benzene ring substituents is 1. The second kappa shape index (κ2) is 8.64. The van der Waals surface area contributed by atoms with Crippen molar-refractivity contribution in [2.45, 2.75) is 18.9 Å². The summed E-state index contributed by atoms with van der Waals surface area (Å²) in [7, 11) is 1.63. The lowest BCUT2D eigenvalue weighted by atomic mass is 10.0. The molecule has 27 heavy (non-hydrogen) atoms. The number of nitrogens with one attached hydrogen (secondary N) is 1. The molecule has 1 amide bonds. The number of nitro groups is 1. The summed E-state index contributed by atoms with van der Waals surface area (Å²) in [6.07, 6.45) is 2.28. The molecule has 2 aromatic carbocycles. The largest absolute Gasteiger partial charge is 0.497 e. The molecule has 0 spiro atoms. The zero-order chi connectivity index (χ0) is 19.2. The summed E-state index contributed by atoms with van der Waals surface area (Å²) < 4.78 is 5.33. The summed E-state index contributed by atoms with van der Waals surface area (Å²) in [4.78, 5) is 25.3. The molecule has 1 heterocycles. The number of benzene rings is 2. The number of hydrogen-bond donors (Lipinski definition) is 1. The molecule has 1 atom stereocenters. The van der Waals surface area contributed by atoms with Crippen LogP contribution in [0.2, 0.25) is 0 Å².